The molecule has 0 spiro atoms. The van der Waals surface area contributed by atoms with E-state index in [1.54, 1.807) is 42.5 Å². The quantitative estimate of drug-likeness (QED) is 0.659. The molecule has 2 N–H and O–H groups in total. The average Bonchev–Trinajstić information content (AvgIpc) is 3.12. The van der Waals surface area contributed by atoms with Crippen molar-refractivity contribution in [1.82, 2.24) is 0 Å². The maximum Gasteiger partial charge on any atom is 0.291 e. The molecule has 0 saturated carbocycles. The zero-order chi connectivity index (χ0) is 17.8. The molecule has 0 radical (unpaired) electrons. The van der Waals surface area contributed by atoms with Crippen molar-refractivity contribution in [3.8, 4) is 0 Å². The zero-order valence-corrected chi connectivity index (χ0v) is 15.0. The lowest BCUT2D eigenvalue weighted by atomic mass is 10.1. The third-order valence-electron chi connectivity index (χ3n) is 3.53. The Morgan fingerprint density at radius 2 is 1.68 bits per heavy atom. The van der Waals surface area contributed by atoms with E-state index in [0.29, 0.717) is 21.4 Å². The van der Waals surface area contributed by atoms with Crippen LogP contribution in [0.3, 0.4) is 0 Å². The van der Waals surface area contributed by atoms with Crippen LogP contribution in [-0.2, 0) is 0 Å². The van der Waals surface area contributed by atoms with Crippen LogP contribution in [0.4, 0.5) is 11.4 Å². The van der Waals surface area contributed by atoms with E-state index in [4.69, 9.17) is 4.42 Å². The van der Waals surface area contributed by atoms with Gasteiger partial charge in [-0.25, -0.2) is 0 Å². The van der Waals surface area contributed by atoms with Crippen LogP contribution in [0.2, 0.25) is 0 Å². The van der Waals surface area contributed by atoms with Crippen molar-refractivity contribution in [2.75, 3.05) is 10.6 Å². The van der Waals surface area contributed by atoms with Gasteiger partial charge < -0.3 is 15.1 Å². The Labute approximate surface area is 153 Å². The second kappa shape index (κ2) is 7.36. The van der Waals surface area contributed by atoms with Crippen molar-refractivity contribution in [2.45, 2.75) is 6.92 Å². The van der Waals surface area contributed by atoms with Crippen molar-refractivity contribution < 1.29 is 14.0 Å². The molecule has 3 aromatic rings. The predicted molar refractivity (Wildman–Crippen MR) is 99.9 cm³/mol. The summed E-state index contributed by atoms with van der Waals surface area (Å²) in [5, 5.41) is 5.60. The number of benzene rings is 2. The lowest BCUT2D eigenvalue weighted by Crippen LogP contribution is -2.17. The van der Waals surface area contributed by atoms with Crippen LogP contribution in [0, 0.1) is 6.92 Å². The van der Waals surface area contributed by atoms with Gasteiger partial charge in [0.2, 0.25) is 0 Å². The number of carbonyl (C=O) groups is 2. The fraction of sp³-hybridized carbons (Fsp3) is 0.0526. The highest BCUT2D eigenvalue weighted by molar-refractivity contribution is 9.10. The molecular formula is C19H15BrN2O3. The summed E-state index contributed by atoms with van der Waals surface area (Å²) in [6.45, 7) is 1.91. The van der Waals surface area contributed by atoms with E-state index in [0.717, 1.165) is 5.56 Å². The zero-order valence-electron chi connectivity index (χ0n) is 13.4. The van der Waals surface area contributed by atoms with E-state index in [2.05, 4.69) is 26.6 Å². The summed E-state index contributed by atoms with van der Waals surface area (Å²) >= 11 is 3.37. The van der Waals surface area contributed by atoms with Crippen LogP contribution in [0.15, 0.2) is 69.8 Å². The van der Waals surface area contributed by atoms with Gasteiger partial charge in [-0.1, -0.05) is 18.2 Å². The Bertz CT molecular complexity index is 920. The maximum atomic E-state index is 12.5. The Balaban J connectivity index is 1.86. The first-order valence-electron chi connectivity index (χ1n) is 7.56. The Kier molecular flexibility index (Phi) is 5.00. The maximum absolute atomic E-state index is 12.5. The molecule has 0 unspecified atom stereocenters. The van der Waals surface area contributed by atoms with E-state index in [9.17, 15) is 9.59 Å². The molecule has 126 valence electrons. The summed E-state index contributed by atoms with van der Waals surface area (Å²) < 4.78 is 5.79. The van der Waals surface area contributed by atoms with Gasteiger partial charge in [0.25, 0.3) is 11.8 Å². The van der Waals surface area contributed by atoms with Crippen molar-refractivity contribution >= 4 is 39.1 Å². The van der Waals surface area contributed by atoms with Crippen LogP contribution in [-0.4, -0.2) is 11.8 Å². The molecule has 1 heterocycles. The largest absolute Gasteiger partial charge is 0.459 e. The first-order valence-corrected chi connectivity index (χ1v) is 8.35. The van der Waals surface area contributed by atoms with E-state index in [1.807, 2.05) is 19.1 Å². The summed E-state index contributed by atoms with van der Waals surface area (Å²) in [5.41, 5.74) is 2.47. The lowest BCUT2D eigenvalue weighted by molar-refractivity contribution is 0.0993. The molecule has 0 atom stereocenters. The molecule has 0 bridgehead atoms. The molecule has 2 aromatic carbocycles. The highest BCUT2D eigenvalue weighted by atomic mass is 79.9. The highest BCUT2D eigenvalue weighted by Gasteiger charge is 2.15. The van der Waals surface area contributed by atoms with Crippen LogP contribution < -0.4 is 10.6 Å². The van der Waals surface area contributed by atoms with Gasteiger partial charge in [-0.2, -0.15) is 0 Å². The number of hydrogen-bond acceptors (Lipinski definition) is 3. The minimum atomic E-state index is -0.384. The third kappa shape index (κ3) is 3.97. The molecule has 6 heteroatoms. The summed E-state index contributed by atoms with van der Waals surface area (Å²) in [6, 6.07) is 15.7. The number of carbonyl (C=O) groups excluding carboxylic acids is 2. The molecule has 0 aliphatic rings. The number of nitrogens with one attached hydrogen (secondary N) is 2. The summed E-state index contributed by atoms with van der Waals surface area (Å²) in [7, 11) is 0. The normalized spacial score (nSPS) is 10.3. The third-order valence-corrected chi connectivity index (χ3v) is 4.23. The van der Waals surface area contributed by atoms with E-state index < -0.39 is 0 Å². The lowest BCUT2D eigenvalue weighted by Gasteiger charge is -2.13. The number of anilines is 2. The molecule has 0 aliphatic heterocycles. The predicted octanol–water partition coefficient (Wildman–Crippen LogP) is 4.86. The fourth-order valence-corrected chi connectivity index (χ4v) is 2.76. The van der Waals surface area contributed by atoms with Gasteiger partial charge in [-0.05, 0) is 64.8 Å². The van der Waals surface area contributed by atoms with E-state index >= 15 is 0 Å². The van der Waals surface area contributed by atoms with Crippen molar-refractivity contribution in [3.05, 3.63) is 82.2 Å². The van der Waals surface area contributed by atoms with E-state index in [-0.39, 0.29) is 17.6 Å². The summed E-state index contributed by atoms with van der Waals surface area (Å²) in [6.07, 6.45) is 1.43. The number of aryl methyl sites for hydroxylation is 1. The van der Waals surface area contributed by atoms with Gasteiger partial charge in [0.05, 0.1) is 23.2 Å². The van der Waals surface area contributed by atoms with E-state index in [1.165, 1.54) is 6.26 Å². The van der Waals surface area contributed by atoms with Crippen LogP contribution >= 0.6 is 15.9 Å². The smallest absolute Gasteiger partial charge is 0.291 e. The number of hydrogen-bond donors (Lipinski definition) is 2. The average molecular weight is 399 g/mol. The van der Waals surface area contributed by atoms with Crippen molar-refractivity contribution in [3.63, 3.8) is 0 Å². The minimum Gasteiger partial charge on any atom is -0.459 e. The summed E-state index contributed by atoms with van der Waals surface area (Å²) in [4.78, 5) is 24.7. The second-order valence-electron chi connectivity index (χ2n) is 5.41. The van der Waals surface area contributed by atoms with Gasteiger partial charge in [-0.3, -0.25) is 9.59 Å². The second-order valence-corrected chi connectivity index (χ2v) is 6.27. The number of halogens is 1. The van der Waals surface area contributed by atoms with Gasteiger partial charge in [0.15, 0.2) is 5.76 Å². The topological polar surface area (TPSA) is 71.3 Å². The van der Waals surface area contributed by atoms with Crippen LogP contribution in [0.25, 0.3) is 0 Å². The number of rotatable bonds is 4. The first kappa shape index (κ1) is 17.0. The SMILES string of the molecule is Cc1ccc(NC(=O)c2ccco2)c(NC(=O)c2ccccc2Br)c1. The molecular weight excluding hydrogens is 384 g/mol. The van der Waals surface area contributed by atoms with Gasteiger partial charge >= 0.3 is 0 Å². The van der Waals surface area contributed by atoms with Crippen LogP contribution in [0.5, 0.6) is 0 Å². The van der Waals surface area contributed by atoms with Gasteiger partial charge in [0.1, 0.15) is 0 Å². The first-order chi connectivity index (χ1) is 12.0. The van der Waals surface area contributed by atoms with Crippen molar-refractivity contribution in [1.29, 1.82) is 0 Å². The summed E-state index contributed by atoms with van der Waals surface area (Å²) in [5.74, 6) is -0.458. The molecule has 0 fully saturated rings. The standard InChI is InChI=1S/C19H15BrN2O3/c1-12-8-9-15(21-19(24)17-7-4-10-25-17)16(11-12)22-18(23)13-5-2-3-6-14(13)20/h2-11H,1H3,(H,21,24)(H,22,23). The molecule has 3 rings (SSSR count). The molecule has 0 saturated heterocycles. The van der Waals surface area contributed by atoms with Crippen molar-refractivity contribution in [2.24, 2.45) is 0 Å². The molecule has 1 aromatic heterocycles. The van der Waals surface area contributed by atoms with Gasteiger partial charge in [0, 0.05) is 4.47 Å². The molecule has 2 amide bonds. The van der Waals surface area contributed by atoms with Gasteiger partial charge in [-0.15, -0.1) is 0 Å². The fourth-order valence-electron chi connectivity index (χ4n) is 2.30. The Hall–Kier alpha value is -2.86. The molecule has 5 nitrogen and oxygen atoms in total. The minimum absolute atomic E-state index is 0.198. The molecule has 25 heavy (non-hydrogen) atoms. The Morgan fingerprint density at radius 1 is 0.920 bits per heavy atom. The Morgan fingerprint density at radius 3 is 2.40 bits per heavy atom. The van der Waals surface area contributed by atoms with Crippen LogP contribution in [0.1, 0.15) is 26.5 Å². The number of amides is 2. The molecule has 0 aliphatic carbocycles. The number of furan rings is 1. The highest BCUT2D eigenvalue weighted by Crippen LogP contribution is 2.26. The monoisotopic (exact) mass is 398 g/mol.